The number of anilines is 2. The highest BCUT2D eigenvalue weighted by atomic mass is 19.4. The number of nitriles is 1. The summed E-state index contributed by atoms with van der Waals surface area (Å²) >= 11 is 0. The fraction of sp³-hybridized carbons (Fsp3) is 0.308. The van der Waals surface area contributed by atoms with Crippen molar-refractivity contribution in [2.24, 2.45) is 0 Å². The summed E-state index contributed by atoms with van der Waals surface area (Å²) in [7, 11) is 0. The van der Waals surface area contributed by atoms with Crippen molar-refractivity contribution in [1.29, 1.82) is 5.26 Å². The lowest BCUT2D eigenvalue weighted by molar-refractivity contribution is -0.144. The molecular weight excluding hydrogens is 483 g/mol. The molecule has 1 aliphatic heterocycles. The van der Waals surface area contributed by atoms with Gasteiger partial charge in [-0.2, -0.15) is 23.4 Å². The smallest absolute Gasteiger partial charge is 0.324 e. The molecule has 2 aromatic heterocycles. The van der Waals surface area contributed by atoms with E-state index in [4.69, 9.17) is 0 Å². The summed E-state index contributed by atoms with van der Waals surface area (Å²) in [6.45, 7) is 5.25. The number of benzene rings is 2. The predicted octanol–water partition coefficient (Wildman–Crippen LogP) is 4.45. The number of fused-ring (bicyclic) bond motifs is 2. The van der Waals surface area contributed by atoms with Crippen LogP contribution < -0.4 is 16.2 Å². The summed E-state index contributed by atoms with van der Waals surface area (Å²) in [6.07, 6.45) is -2.55. The summed E-state index contributed by atoms with van der Waals surface area (Å²) in [5, 5.41) is 15.8. The second kappa shape index (κ2) is 8.74. The van der Waals surface area contributed by atoms with E-state index >= 15 is 0 Å². The first kappa shape index (κ1) is 24.5. The van der Waals surface area contributed by atoms with Gasteiger partial charge in [0.1, 0.15) is 11.9 Å². The Bertz CT molecular complexity index is 1630. The molecule has 2 aromatic carbocycles. The van der Waals surface area contributed by atoms with Crippen molar-refractivity contribution in [2.75, 3.05) is 11.9 Å². The molecule has 1 aliphatic rings. The second-order valence-corrected chi connectivity index (χ2v) is 9.63. The molecule has 37 heavy (non-hydrogen) atoms. The van der Waals surface area contributed by atoms with E-state index in [0.717, 1.165) is 23.3 Å². The van der Waals surface area contributed by atoms with Crippen LogP contribution in [0.25, 0.3) is 16.7 Å². The Morgan fingerprint density at radius 3 is 2.70 bits per heavy atom. The number of aromatic nitrogens is 4. The zero-order valence-electron chi connectivity index (χ0n) is 20.4. The summed E-state index contributed by atoms with van der Waals surface area (Å²) in [4.78, 5) is 21.6. The van der Waals surface area contributed by atoms with Crippen molar-refractivity contribution in [1.82, 2.24) is 24.6 Å². The van der Waals surface area contributed by atoms with Crippen molar-refractivity contribution >= 4 is 22.7 Å². The van der Waals surface area contributed by atoms with E-state index in [1.165, 1.54) is 29.5 Å². The lowest BCUT2D eigenvalue weighted by Crippen LogP contribution is -2.42. The van der Waals surface area contributed by atoms with Crippen LogP contribution in [0, 0.1) is 18.3 Å². The first-order chi connectivity index (χ1) is 17.5. The normalized spacial score (nSPS) is 14.8. The Hall–Kier alpha value is -4.17. The molecule has 2 N–H and O–H groups in total. The van der Waals surface area contributed by atoms with Gasteiger partial charge in [0, 0.05) is 17.4 Å². The van der Waals surface area contributed by atoms with E-state index in [1.807, 2.05) is 24.3 Å². The second-order valence-electron chi connectivity index (χ2n) is 9.63. The van der Waals surface area contributed by atoms with Crippen LogP contribution in [0.3, 0.4) is 0 Å². The zero-order chi connectivity index (χ0) is 26.5. The Labute approximate surface area is 210 Å². The molecule has 190 valence electrons. The number of aryl methyl sites for hydroxylation is 1. The summed E-state index contributed by atoms with van der Waals surface area (Å²) in [5.41, 5.74) is 3.33. The van der Waals surface area contributed by atoms with Crippen LogP contribution in [0.2, 0.25) is 0 Å². The van der Waals surface area contributed by atoms with E-state index in [2.05, 4.69) is 34.4 Å². The topological polar surface area (TPSA) is 101 Å². The van der Waals surface area contributed by atoms with Gasteiger partial charge in [-0.1, -0.05) is 6.07 Å². The fourth-order valence-electron chi connectivity index (χ4n) is 4.79. The van der Waals surface area contributed by atoms with Crippen LogP contribution in [0.5, 0.6) is 0 Å². The van der Waals surface area contributed by atoms with Gasteiger partial charge in [0.15, 0.2) is 5.65 Å². The highest BCUT2D eigenvalue weighted by molar-refractivity contribution is 5.77. The quantitative estimate of drug-likeness (QED) is 0.423. The molecule has 0 saturated carbocycles. The van der Waals surface area contributed by atoms with Gasteiger partial charge in [-0.15, -0.1) is 0 Å². The Balaban J connectivity index is 1.62. The van der Waals surface area contributed by atoms with E-state index in [0.29, 0.717) is 15.8 Å². The lowest BCUT2D eigenvalue weighted by atomic mass is 9.85. The Kier molecular flexibility index (Phi) is 5.79. The van der Waals surface area contributed by atoms with Crippen LogP contribution in [-0.4, -0.2) is 32.1 Å². The lowest BCUT2D eigenvalue weighted by Gasteiger charge is -2.34. The molecule has 0 aliphatic carbocycles. The number of nitrogens with one attached hydrogen (secondary N) is 2. The maximum absolute atomic E-state index is 13.4. The molecule has 0 saturated heterocycles. The van der Waals surface area contributed by atoms with E-state index < -0.39 is 18.3 Å². The number of alkyl halides is 3. The zero-order valence-corrected chi connectivity index (χ0v) is 20.4. The molecule has 0 bridgehead atoms. The third-order valence-electron chi connectivity index (χ3n) is 6.58. The SMILES string of the molecule is Cc1cc(-n2c3nc(Nc4ccc5c(c4)CCNC5(C)C)ncc3c(=O)n2CC(F)(F)F)ccc1C#N. The predicted molar refractivity (Wildman–Crippen MR) is 133 cm³/mol. The Morgan fingerprint density at radius 2 is 2.00 bits per heavy atom. The Morgan fingerprint density at radius 1 is 1.22 bits per heavy atom. The van der Waals surface area contributed by atoms with Gasteiger partial charge >= 0.3 is 6.18 Å². The van der Waals surface area contributed by atoms with Gasteiger partial charge in [0.25, 0.3) is 5.56 Å². The molecule has 8 nitrogen and oxygen atoms in total. The third kappa shape index (κ3) is 4.56. The average Bonchev–Trinajstić information content (AvgIpc) is 3.08. The summed E-state index contributed by atoms with van der Waals surface area (Å²) in [5.74, 6) is 0.143. The van der Waals surface area contributed by atoms with E-state index in [1.54, 1.807) is 13.0 Å². The number of hydrogen-bond acceptors (Lipinski definition) is 6. The molecule has 0 spiro atoms. The number of rotatable bonds is 4. The van der Waals surface area contributed by atoms with Gasteiger partial charge in [-0.25, -0.2) is 14.3 Å². The highest BCUT2D eigenvalue weighted by Gasteiger charge is 2.32. The van der Waals surface area contributed by atoms with Gasteiger partial charge in [-0.3, -0.25) is 4.79 Å². The average molecular weight is 508 g/mol. The van der Waals surface area contributed by atoms with Crippen LogP contribution in [0.15, 0.2) is 47.4 Å². The van der Waals surface area contributed by atoms with Crippen molar-refractivity contribution < 1.29 is 13.2 Å². The molecule has 11 heteroatoms. The largest absolute Gasteiger partial charge is 0.408 e. The van der Waals surface area contributed by atoms with Crippen molar-refractivity contribution in [3.05, 3.63) is 75.2 Å². The van der Waals surface area contributed by atoms with Crippen molar-refractivity contribution in [3.63, 3.8) is 0 Å². The summed E-state index contributed by atoms with van der Waals surface area (Å²) in [6, 6.07) is 12.5. The number of nitrogens with zero attached hydrogens (tertiary/aromatic N) is 5. The maximum atomic E-state index is 13.4. The molecule has 5 rings (SSSR count). The molecule has 0 atom stereocenters. The monoisotopic (exact) mass is 507 g/mol. The maximum Gasteiger partial charge on any atom is 0.408 e. The van der Waals surface area contributed by atoms with Crippen LogP contribution in [-0.2, 0) is 18.5 Å². The summed E-state index contributed by atoms with van der Waals surface area (Å²) < 4.78 is 42.0. The molecular formula is C26H24F3N7O. The van der Waals surface area contributed by atoms with Crippen molar-refractivity contribution in [3.8, 4) is 11.8 Å². The molecule has 0 amide bonds. The standard InChI is InChI=1S/C26H24F3N7O/c1-15-10-19(6-4-17(15)12-30)36-22-20(23(37)35(36)14-26(27,28)29)13-31-24(34-22)33-18-5-7-21-16(11-18)8-9-32-25(21,2)3/h4-7,10-11,13,32H,8-9,14H2,1-3H3,(H,31,33,34). The number of hydrogen-bond donors (Lipinski definition) is 2. The molecule has 3 heterocycles. The van der Waals surface area contributed by atoms with Gasteiger partial charge in [0.2, 0.25) is 5.95 Å². The number of halogens is 3. The third-order valence-corrected chi connectivity index (χ3v) is 6.58. The minimum atomic E-state index is -4.64. The van der Waals surface area contributed by atoms with Gasteiger partial charge < -0.3 is 10.6 Å². The fourth-order valence-corrected chi connectivity index (χ4v) is 4.79. The minimum absolute atomic E-state index is 0.0270. The minimum Gasteiger partial charge on any atom is -0.324 e. The first-order valence-electron chi connectivity index (χ1n) is 11.7. The molecule has 4 aromatic rings. The molecule has 0 fully saturated rings. The van der Waals surface area contributed by atoms with Crippen LogP contribution in [0.1, 0.15) is 36.1 Å². The molecule has 0 radical (unpaired) electrons. The van der Waals surface area contributed by atoms with Gasteiger partial charge in [-0.05, 0) is 80.8 Å². The van der Waals surface area contributed by atoms with E-state index in [-0.39, 0.29) is 28.2 Å². The van der Waals surface area contributed by atoms with Crippen LogP contribution >= 0.6 is 0 Å². The van der Waals surface area contributed by atoms with Crippen molar-refractivity contribution in [2.45, 2.75) is 45.5 Å². The highest BCUT2D eigenvalue weighted by Crippen LogP contribution is 2.31. The van der Waals surface area contributed by atoms with Gasteiger partial charge in [0.05, 0.1) is 17.3 Å². The van der Waals surface area contributed by atoms with E-state index in [9.17, 15) is 23.2 Å². The first-order valence-corrected chi connectivity index (χ1v) is 11.7. The molecule has 0 unspecified atom stereocenters. The van der Waals surface area contributed by atoms with Crippen LogP contribution in [0.4, 0.5) is 24.8 Å².